The molecule has 0 rings (SSSR count). The second-order valence-corrected chi connectivity index (χ2v) is 4.24. The molecule has 19 heavy (non-hydrogen) atoms. The van der Waals surface area contributed by atoms with Crippen LogP contribution in [0.25, 0.3) is 0 Å². The van der Waals surface area contributed by atoms with Gasteiger partial charge >= 0.3 is 11.9 Å². The van der Waals surface area contributed by atoms with Gasteiger partial charge in [-0.3, -0.25) is 20.4 Å². The average molecular weight is 270 g/mol. The molecule has 6 heteroatoms. The molecule has 6 nitrogen and oxygen atoms in total. The number of unbranched alkanes of at least 4 members (excludes halogenated alkanes) is 4. The first-order valence-electron chi connectivity index (χ1n) is 6.42. The molecule has 0 atom stereocenters. The number of rotatable bonds is 7. The first-order chi connectivity index (χ1) is 8.99. The molecule has 108 valence electrons. The van der Waals surface area contributed by atoms with Crippen LogP contribution < -0.4 is 10.9 Å². The lowest BCUT2D eigenvalue weighted by atomic mass is 10.2. The molecule has 2 N–H and O–H groups in total. The van der Waals surface area contributed by atoms with E-state index in [0.29, 0.717) is 0 Å². The Morgan fingerprint density at radius 2 is 1.58 bits per heavy atom. The highest BCUT2D eigenvalue weighted by Gasteiger charge is 2.15. The van der Waals surface area contributed by atoms with Crippen LogP contribution in [0.4, 0.5) is 0 Å². The zero-order chi connectivity index (χ0) is 14.7. The molecule has 0 aromatic rings. The van der Waals surface area contributed by atoms with E-state index >= 15 is 0 Å². The third kappa shape index (κ3) is 8.82. The summed E-state index contributed by atoms with van der Waals surface area (Å²) in [5, 5.41) is 0. The van der Waals surface area contributed by atoms with Crippen LogP contribution in [0.5, 0.6) is 0 Å². The highest BCUT2D eigenvalue weighted by atomic mass is 16.5. The van der Waals surface area contributed by atoms with Gasteiger partial charge in [0.1, 0.15) is 0 Å². The number of carbonyl (C=O) groups excluding carboxylic acids is 3. The standard InChI is InChI=1S/C13H22N2O4/c1-4-5-6-7-8-9-19-13(18)12(17)15-14-11(16)10(2)3/h2,4-9H2,1,3H3,(H,14,16)(H,15,17). The van der Waals surface area contributed by atoms with Crippen LogP contribution in [0.2, 0.25) is 0 Å². The summed E-state index contributed by atoms with van der Waals surface area (Å²) in [7, 11) is 0. The Balaban J connectivity index is 3.68. The van der Waals surface area contributed by atoms with E-state index in [9.17, 15) is 14.4 Å². The van der Waals surface area contributed by atoms with Gasteiger partial charge in [0.25, 0.3) is 5.91 Å². The molecular formula is C13H22N2O4. The van der Waals surface area contributed by atoms with Crippen molar-refractivity contribution in [2.75, 3.05) is 6.61 Å². The molecule has 0 aliphatic heterocycles. The minimum atomic E-state index is -1.00. The van der Waals surface area contributed by atoms with E-state index in [1.807, 2.05) is 10.9 Å². The van der Waals surface area contributed by atoms with E-state index in [1.165, 1.54) is 6.92 Å². The van der Waals surface area contributed by atoms with E-state index in [-0.39, 0.29) is 12.2 Å². The Labute approximate surface area is 113 Å². The van der Waals surface area contributed by atoms with Crippen molar-refractivity contribution < 1.29 is 19.1 Å². The fourth-order valence-electron chi connectivity index (χ4n) is 1.21. The molecule has 0 heterocycles. The van der Waals surface area contributed by atoms with E-state index in [0.717, 1.165) is 32.1 Å². The molecule has 0 bridgehead atoms. The summed E-state index contributed by atoms with van der Waals surface area (Å²) < 4.78 is 4.75. The number of ether oxygens (including phenoxy) is 1. The lowest BCUT2D eigenvalue weighted by Gasteiger charge is -2.07. The number of hydrazine groups is 1. The molecule has 0 aromatic carbocycles. The summed E-state index contributed by atoms with van der Waals surface area (Å²) in [6.45, 7) is 7.19. The molecule has 0 aliphatic rings. The van der Waals surface area contributed by atoms with E-state index in [4.69, 9.17) is 4.74 Å². The highest BCUT2D eigenvalue weighted by Crippen LogP contribution is 2.02. The Hall–Kier alpha value is -1.85. The minimum absolute atomic E-state index is 0.213. The topological polar surface area (TPSA) is 84.5 Å². The lowest BCUT2D eigenvalue weighted by molar-refractivity contribution is -0.155. The Bertz CT molecular complexity index is 340. The predicted octanol–water partition coefficient (Wildman–Crippen LogP) is 1.22. The summed E-state index contributed by atoms with van der Waals surface area (Å²) in [5.41, 5.74) is 4.22. The van der Waals surface area contributed by atoms with Gasteiger partial charge in [0, 0.05) is 5.57 Å². The first-order valence-corrected chi connectivity index (χ1v) is 6.42. The largest absolute Gasteiger partial charge is 0.459 e. The maximum Gasteiger partial charge on any atom is 0.398 e. The zero-order valence-electron chi connectivity index (χ0n) is 11.6. The summed E-state index contributed by atoms with van der Waals surface area (Å²) in [4.78, 5) is 33.5. The molecular weight excluding hydrogens is 248 g/mol. The van der Waals surface area contributed by atoms with Crippen LogP contribution in [0.15, 0.2) is 12.2 Å². The predicted molar refractivity (Wildman–Crippen MR) is 70.8 cm³/mol. The Morgan fingerprint density at radius 1 is 1.00 bits per heavy atom. The molecule has 0 aromatic heterocycles. The number of esters is 1. The van der Waals surface area contributed by atoms with Gasteiger partial charge in [-0.15, -0.1) is 0 Å². The molecule has 2 amide bonds. The quantitative estimate of drug-likeness (QED) is 0.239. The van der Waals surface area contributed by atoms with Crippen molar-refractivity contribution in [2.45, 2.75) is 46.0 Å². The Morgan fingerprint density at radius 3 is 2.16 bits per heavy atom. The molecule has 0 unspecified atom stereocenters. The monoisotopic (exact) mass is 270 g/mol. The van der Waals surface area contributed by atoms with E-state index in [1.54, 1.807) is 0 Å². The Kier molecular flexibility index (Phi) is 9.12. The number of amides is 2. The van der Waals surface area contributed by atoms with Gasteiger partial charge in [0.05, 0.1) is 6.61 Å². The van der Waals surface area contributed by atoms with E-state index in [2.05, 4.69) is 13.5 Å². The van der Waals surface area contributed by atoms with Crippen molar-refractivity contribution >= 4 is 17.8 Å². The number of nitrogens with one attached hydrogen (secondary N) is 2. The maximum absolute atomic E-state index is 11.2. The molecule has 0 fully saturated rings. The molecule has 0 spiro atoms. The first kappa shape index (κ1) is 17.2. The third-order valence-electron chi connectivity index (χ3n) is 2.34. The summed E-state index contributed by atoms with van der Waals surface area (Å²) in [6, 6.07) is 0. The second kappa shape index (κ2) is 10.1. The van der Waals surface area contributed by atoms with Crippen LogP contribution in [0, 0.1) is 0 Å². The van der Waals surface area contributed by atoms with Crippen LogP contribution in [-0.4, -0.2) is 24.4 Å². The molecule has 0 saturated carbocycles. The maximum atomic E-state index is 11.2. The van der Waals surface area contributed by atoms with Gasteiger partial charge in [-0.25, -0.2) is 4.79 Å². The normalized spacial score (nSPS) is 9.58. The van der Waals surface area contributed by atoms with Gasteiger partial charge in [0.2, 0.25) is 0 Å². The fraction of sp³-hybridized carbons (Fsp3) is 0.615. The summed E-state index contributed by atoms with van der Waals surface area (Å²) in [5.74, 6) is -2.55. The van der Waals surface area contributed by atoms with Crippen LogP contribution in [0.1, 0.15) is 46.0 Å². The zero-order valence-corrected chi connectivity index (χ0v) is 11.6. The number of carbonyl (C=O) groups is 3. The van der Waals surface area contributed by atoms with Crippen LogP contribution in [-0.2, 0) is 19.1 Å². The van der Waals surface area contributed by atoms with E-state index < -0.39 is 17.8 Å². The van der Waals surface area contributed by atoms with Crippen molar-refractivity contribution in [1.29, 1.82) is 0 Å². The lowest BCUT2D eigenvalue weighted by Crippen LogP contribution is -2.45. The summed E-state index contributed by atoms with van der Waals surface area (Å²) >= 11 is 0. The molecule has 0 radical (unpaired) electrons. The smallest absolute Gasteiger partial charge is 0.398 e. The minimum Gasteiger partial charge on any atom is -0.459 e. The SMILES string of the molecule is C=C(C)C(=O)NNC(=O)C(=O)OCCCCCCC. The van der Waals surface area contributed by atoms with Crippen molar-refractivity contribution in [2.24, 2.45) is 0 Å². The van der Waals surface area contributed by atoms with Crippen LogP contribution in [0.3, 0.4) is 0 Å². The van der Waals surface area contributed by atoms with Gasteiger partial charge < -0.3 is 4.74 Å². The van der Waals surface area contributed by atoms with Gasteiger partial charge in [-0.05, 0) is 13.3 Å². The van der Waals surface area contributed by atoms with Crippen molar-refractivity contribution in [3.63, 3.8) is 0 Å². The van der Waals surface area contributed by atoms with Gasteiger partial charge in [-0.1, -0.05) is 39.2 Å². The third-order valence-corrected chi connectivity index (χ3v) is 2.34. The number of hydrogen-bond acceptors (Lipinski definition) is 4. The van der Waals surface area contributed by atoms with Gasteiger partial charge in [-0.2, -0.15) is 0 Å². The van der Waals surface area contributed by atoms with Crippen molar-refractivity contribution in [3.05, 3.63) is 12.2 Å². The highest BCUT2D eigenvalue weighted by molar-refractivity contribution is 6.32. The van der Waals surface area contributed by atoms with Crippen LogP contribution >= 0.6 is 0 Å². The fourth-order valence-corrected chi connectivity index (χ4v) is 1.21. The number of hydrogen-bond donors (Lipinski definition) is 2. The van der Waals surface area contributed by atoms with Crippen molar-refractivity contribution in [3.8, 4) is 0 Å². The van der Waals surface area contributed by atoms with Crippen molar-refractivity contribution in [1.82, 2.24) is 10.9 Å². The average Bonchev–Trinajstić information content (AvgIpc) is 2.38. The molecule has 0 saturated heterocycles. The summed E-state index contributed by atoms with van der Waals surface area (Å²) in [6.07, 6.45) is 5.09. The van der Waals surface area contributed by atoms with Gasteiger partial charge in [0.15, 0.2) is 0 Å². The second-order valence-electron chi connectivity index (χ2n) is 4.24. The molecule has 0 aliphatic carbocycles.